The summed E-state index contributed by atoms with van der Waals surface area (Å²) < 4.78 is 1.71. The van der Waals surface area contributed by atoms with E-state index < -0.39 is 0 Å². The molecule has 0 radical (unpaired) electrons. The third kappa shape index (κ3) is 1.54. The van der Waals surface area contributed by atoms with Crippen LogP contribution < -0.4 is 5.56 Å². The summed E-state index contributed by atoms with van der Waals surface area (Å²) in [6.45, 7) is 0. The molecular formula is C16H13NO. The van der Waals surface area contributed by atoms with E-state index in [0.717, 1.165) is 22.4 Å². The molecule has 0 aromatic heterocycles. The van der Waals surface area contributed by atoms with Crippen LogP contribution in [0.4, 0.5) is 0 Å². The Bertz CT molecular complexity index is 713. The fraction of sp³-hybridized carbons (Fsp3) is 0.0625. The zero-order chi connectivity index (χ0) is 12.5. The van der Waals surface area contributed by atoms with Crippen LogP contribution in [0.15, 0.2) is 65.5 Å². The molecule has 2 aliphatic rings. The van der Waals surface area contributed by atoms with Crippen LogP contribution in [0, 0.1) is 0 Å². The van der Waals surface area contributed by atoms with Gasteiger partial charge in [-0.15, -0.1) is 0 Å². The first-order chi connectivity index (χ1) is 8.79. The van der Waals surface area contributed by atoms with E-state index in [0.29, 0.717) is 0 Å². The van der Waals surface area contributed by atoms with Gasteiger partial charge in [0.15, 0.2) is 0 Å². The van der Waals surface area contributed by atoms with Gasteiger partial charge < -0.3 is 4.57 Å². The van der Waals surface area contributed by atoms with E-state index in [1.54, 1.807) is 4.57 Å². The van der Waals surface area contributed by atoms with Gasteiger partial charge in [-0.3, -0.25) is 4.79 Å². The summed E-state index contributed by atoms with van der Waals surface area (Å²) in [5.74, 6) is 0. The van der Waals surface area contributed by atoms with Crippen molar-refractivity contribution < 1.29 is 0 Å². The Morgan fingerprint density at radius 1 is 0.833 bits per heavy atom. The van der Waals surface area contributed by atoms with Gasteiger partial charge in [0.2, 0.25) is 0 Å². The largest absolute Gasteiger partial charge is 0.311 e. The van der Waals surface area contributed by atoms with Gasteiger partial charge in [-0.2, -0.15) is 0 Å². The van der Waals surface area contributed by atoms with Crippen LogP contribution >= 0.6 is 0 Å². The monoisotopic (exact) mass is 235 g/mol. The van der Waals surface area contributed by atoms with Gasteiger partial charge in [0.25, 0.3) is 5.56 Å². The van der Waals surface area contributed by atoms with E-state index in [4.69, 9.17) is 0 Å². The second-order valence-electron chi connectivity index (χ2n) is 4.31. The fourth-order valence-electron chi connectivity index (χ4n) is 2.32. The van der Waals surface area contributed by atoms with Crippen molar-refractivity contribution in [2.24, 2.45) is 7.05 Å². The molecule has 2 heteroatoms. The highest BCUT2D eigenvalue weighted by Crippen LogP contribution is 2.30. The van der Waals surface area contributed by atoms with Crippen molar-refractivity contribution in [2.75, 3.05) is 0 Å². The average molecular weight is 235 g/mol. The lowest BCUT2D eigenvalue weighted by atomic mass is 10.0. The van der Waals surface area contributed by atoms with E-state index >= 15 is 0 Å². The van der Waals surface area contributed by atoms with E-state index in [1.807, 2.05) is 67.7 Å². The Kier molecular flexibility index (Phi) is 2.49. The summed E-state index contributed by atoms with van der Waals surface area (Å²) in [6, 6.07) is 19.7. The van der Waals surface area contributed by atoms with E-state index in [1.165, 1.54) is 0 Å². The molecule has 0 spiro atoms. The summed E-state index contributed by atoms with van der Waals surface area (Å²) in [5, 5.41) is 0. The molecule has 1 aromatic rings. The van der Waals surface area contributed by atoms with Crippen molar-refractivity contribution in [3.05, 3.63) is 71.0 Å². The third-order valence-electron chi connectivity index (χ3n) is 3.23. The van der Waals surface area contributed by atoms with Crippen molar-refractivity contribution in [1.29, 1.82) is 0 Å². The molecule has 2 nitrogen and oxygen atoms in total. The molecule has 0 saturated carbocycles. The number of benzene rings is 1. The summed E-state index contributed by atoms with van der Waals surface area (Å²) in [5.41, 5.74) is 3.77. The Morgan fingerprint density at radius 2 is 1.44 bits per heavy atom. The molecule has 1 heterocycles. The Morgan fingerprint density at radius 3 is 2.17 bits per heavy atom. The smallest absolute Gasteiger partial charge is 0.259 e. The lowest BCUT2D eigenvalue weighted by molar-refractivity contribution is 0.899. The number of hydrogen-bond donors (Lipinski definition) is 0. The summed E-state index contributed by atoms with van der Waals surface area (Å²) in [6.07, 6.45) is 0. The normalized spacial score (nSPS) is 10.7. The fourth-order valence-corrected chi connectivity index (χ4v) is 2.32. The van der Waals surface area contributed by atoms with Gasteiger partial charge in [0.1, 0.15) is 0 Å². The minimum atomic E-state index is 0.0578. The molecule has 0 fully saturated rings. The van der Waals surface area contributed by atoms with Crippen molar-refractivity contribution in [3.63, 3.8) is 0 Å². The van der Waals surface area contributed by atoms with Gasteiger partial charge in [0, 0.05) is 12.6 Å². The summed E-state index contributed by atoms with van der Waals surface area (Å²) in [4.78, 5) is 12.4. The Labute approximate surface area is 105 Å². The number of fused-ring (bicyclic) bond motifs is 1. The maximum Gasteiger partial charge on any atom is 0.259 e. The van der Waals surface area contributed by atoms with Crippen LogP contribution in [0.25, 0.3) is 22.4 Å². The number of nitrogens with zero attached hydrogens (tertiary/aromatic N) is 1. The molecule has 0 N–H and O–H groups in total. The molecule has 0 unspecified atom stereocenters. The average Bonchev–Trinajstić information content (AvgIpc) is 2.60. The number of aromatic nitrogens is 1. The number of hydrogen-bond acceptors (Lipinski definition) is 1. The van der Waals surface area contributed by atoms with Gasteiger partial charge >= 0.3 is 0 Å². The van der Waals surface area contributed by atoms with Crippen LogP contribution in [0.1, 0.15) is 0 Å². The van der Waals surface area contributed by atoms with Gasteiger partial charge in [-0.1, -0.05) is 54.6 Å². The van der Waals surface area contributed by atoms with E-state index in [2.05, 4.69) is 0 Å². The molecule has 3 rings (SSSR count). The van der Waals surface area contributed by atoms with Crippen LogP contribution in [0.5, 0.6) is 0 Å². The van der Waals surface area contributed by atoms with Crippen molar-refractivity contribution >= 4 is 0 Å². The molecular weight excluding hydrogens is 222 g/mol. The maximum atomic E-state index is 12.4. The van der Waals surface area contributed by atoms with Crippen LogP contribution in [0.3, 0.4) is 0 Å². The second kappa shape index (κ2) is 4.15. The predicted molar refractivity (Wildman–Crippen MR) is 73.7 cm³/mol. The van der Waals surface area contributed by atoms with Crippen molar-refractivity contribution in [1.82, 2.24) is 4.57 Å². The van der Waals surface area contributed by atoms with Crippen molar-refractivity contribution in [3.8, 4) is 22.4 Å². The minimum absolute atomic E-state index is 0.0578. The highest BCUT2D eigenvalue weighted by molar-refractivity contribution is 5.83. The highest BCUT2D eigenvalue weighted by atomic mass is 16.1. The highest BCUT2D eigenvalue weighted by Gasteiger charge is 2.17. The molecule has 0 bridgehead atoms. The molecule has 0 amide bonds. The van der Waals surface area contributed by atoms with E-state index in [-0.39, 0.29) is 5.56 Å². The standard InChI is InChI=1S/C16H13NO/c1-17-14-11-7-3-6-10-13(14)15(16(17)18)12-8-4-2-5-9-12/h2-11H,1H3. The third-order valence-corrected chi connectivity index (χ3v) is 3.23. The molecule has 18 heavy (non-hydrogen) atoms. The van der Waals surface area contributed by atoms with Gasteiger partial charge in [-0.25, -0.2) is 0 Å². The lowest BCUT2D eigenvalue weighted by Gasteiger charge is -1.99. The minimum Gasteiger partial charge on any atom is -0.311 e. The zero-order valence-electron chi connectivity index (χ0n) is 10.1. The molecule has 88 valence electrons. The quantitative estimate of drug-likeness (QED) is 0.635. The summed E-state index contributed by atoms with van der Waals surface area (Å²) >= 11 is 0. The van der Waals surface area contributed by atoms with Crippen LogP contribution in [0.2, 0.25) is 0 Å². The number of rotatable bonds is 1. The SMILES string of the molecule is Cn1c2cccccc-2c(-c2ccccc2)c1=O. The zero-order valence-corrected chi connectivity index (χ0v) is 10.1. The first-order valence-electron chi connectivity index (χ1n) is 5.92. The lowest BCUT2D eigenvalue weighted by Crippen LogP contribution is -2.11. The van der Waals surface area contributed by atoms with Gasteiger partial charge in [-0.05, 0) is 11.6 Å². The topological polar surface area (TPSA) is 22.0 Å². The Hall–Kier alpha value is -2.35. The second-order valence-corrected chi connectivity index (χ2v) is 4.31. The van der Waals surface area contributed by atoms with Crippen LogP contribution in [-0.2, 0) is 7.05 Å². The molecule has 0 atom stereocenters. The molecule has 1 aliphatic heterocycles. The van der Waals surface area contributed by atoms with Crippen LogP contribution in [-0.4, -0.2) is 4.57 Å². The van der Waals surface area contributed by atoms with Gasteiger partial charge in [0.05, 0.1) is 11.3 Å². The van der Waals surface area contributed by atoms with E-state index in [9.17, 15) is 4.79 Å². The Balaban J connectivity index is 2.40. The molecule has 1 aliphatic carbocycles. The van der Waals surface area contributed by atoms with Crippen molar-refractivity contribution in [2.45, 2.75) is 0 Å². The summed E-state index contributed by atoms with van der Waals surface area (Å²) in [7, 11) is 1.82. The maximum absolute atomic E-state index is 12.4. The molecule has 1 aromatic carbocycles. The first-order valence-corrected chi connectivity index (χ1v) is 5.92. The predicted octanol–water partition coefficient (Wildman–Crippen LogP) is 3.16. The molecule has 0 saturated heterocycles. The first kappa shape index (κ1) is 10.8.